The smallest absolute Gasteiger partial charge is 0.462 e. The van der Waals surface area contributed by atoms with Gasteiger partial charge in [-0.2, -0.15) is 0 Å². The molecule has 17 nitrogen and oxygen atoms in total. The standard InChI is InChI=1S/C73H142O17P2/c1-6-9-12-15-18-21-23-25-27-28-29-30-31-32-34-36-39-42-48-53-58-72(77)89-68(62-84-71(76)57-52-47-41-38-35-33-26-24-22-19-16-13-10-7-2)64-87-91(79,80)85-60-67(74)61-86-92(81,82)88-65-69(90-73(78)59-54-49-44-43-45-50-55-66(4)5)63-83-70(75)56-51-46-40-37-20-17-14-11-8-3/h66-69,74H,6-65H2,1-5H3,(H,79,80)(H,81,82)/t67-,68-,69-/m1/s1. The lowest BCUT2D eigenvalue weighted by Crippen LogP contribution is -2.30. The summed E-state index contributed by atoms with van der Waals surface area (Å²) in [6.45, 7) is 7.16. The Morgan fingerprint density at radius 3 is 0.739 bits per heavy atom. The summed E-state index contributed by atoms with van der Waals surface area (Å²) in [7, 11) is -9.90. The number of aliphatic hydroxyl groups excluding tert-OH is 1. The molecule has 0 aromatic rings. The lowest BCUT2D eigenvalue weighted by Gasteiger charge is -2.21. The molecule has 2 unspecified atom stereocenters. The van der Waals surface area contributed by atoms with Crippen molar-refractivity contribution in [2.45, 2.75) is 400 Å². The van der Waals surface area contributed by atoms with E-state index in [1.165, 1.54) is 205 Å². The third kappa shape index (κ3) is 66.7. The molecular weight excluding hydrogens is 1210 g/mol. The third-order valence-corrected chi connectivity index (χ3v) is 18.9. The van der Waals surface area contributed by atoms with Crippen molar-refractivity contribution in [3.8, 4) is 0 Å². The number of hydrogen-bond donors (Lipinski definition) is 3. The zero-order chi connectivity index (χ0) is 67.7. The Balaban J connectivity index is 5.18. The molecule has 0 bridgehead atoms. The lowest BCUT2D eigenvalue weighted by atomic mass is 10.0. The second kappa shape index (κ2) is 66.3. The van der Waals surface area contributed by atoms with Gasteiger partial charge in [-0.05, 0) is 31.6 Å². The van der Waals surface area contributed by atoms with Gasteiger partial charge in [0, 0.05) is 25.7 Å². The molecule has 0 aliphatic carbocycles. The number of aliphatic hydroxyl groups is 1. The molecule has 0 radical (unpaired) electrons. The summed E-state index contributed by atoms with van der Waals surface area (Å²) in [5.74, 6) is -1.45. The zero-order valence-electron chi connectivity index (χ0n) is 59.7. The van der Waals surface area contributed by atoms with Gasteiger partial charge in [0.25, 0.3) is 0 Å². The van der Waals surface area contributed by atoms with Crippen LogP contribution in [0.5, 0.6) is 0 Å². The van der Waals surface area contributed by atoms with E-state index in [4.69, 9.17) is 37.0 Å². The van der Waals surface area contributed by atoms with Crippen LogP contribution in [0.15, 0.2) is 0 Å². The molecule has 0 fully saturated rings. The van der Waals surface area contributed by atoms with Gasteiger partial charge in [0.15, 0.2) is 12.2 Å². The second-order valence-electron chi connectivity index (χ2n) is 26.8. The molecule has 3 N–H and O–H groups in total. The summed E-state index contributed by atoms with van der Waals surface area (Å²) in [6, 6.07) is 0. The first kappa shape index (κ1) is 90.1. The van der Waals surface area contributed by atoms with E-state index in [1.54, 1.807) is 0 Å². The van der Waals surface area contributed by atoms with E-state index in [2.05, 4.69) is 34.6 Å². The molecule has 0 saturated carbocycles. The zero-order valence-corrected chi connectivity index (χ0v) is 61.5. The van der Waals surface area contributed by atoms with E-state index in [0.29, 0.717) is 31.6 Å². The average Bonchev–Trinajstić information content (AvgIpc) is 2.28. The van der Waals surface area contributed by atoms with Crippen LogP contribution in [0.4, 0.5) is 0 Å². The van der Waals surface area contributed by atoms with E-state index < -0.39 is 97.5 Å². The summed E-state index contributed by atoms with van der Waals surface area (Å²) >= 11 is 0. The molecule has 0 spiro atoms. The Morgan fingerprint density at radius 2 is 0.500 bits per heavy atom. The fourth-order valence-corrected chi connectivity index (χ4v) is 12.8. The predicted molar refractivity (Wildman–Crippen MR) is 372 cm³/mol. The van der Waals surface area contributed by atoms with E-state index in [0.717, 1.165) is 89.9 Å². The number of esters is 4. The first-order valence-electron chi connectivity index (χ1n) is 38.1. The molecule has 0 aliphatic heterocycles. The topological polar surface area (TPSA) is 237 Å². The van der Waals surface area contributed by atoms with Gasteiger partial charge < -0.3 is 33.8 Å². The fraction of sp³-hybridized carbons (Fsp3) is 0.945. The predicted octanol–water partition coefficient (Wildman–Crippen LogP) is 21.3. The number of phosphoric ester groups is 2. The number of carbonyl (C=O) groups is 4. The molecule has 546 valence electrons. The molecule has 0 amide bonds. The number of ether oxygens (including phenoxy) is 4. The quantitative estimate of drug-likeness (QED) is 0.0222. The molecule has 0 saturated heterocycles. The first-order valence-corrected chi connectivity index (χ1v) is 41.1. The highest BCUT2D eigenvalue weighted by molar-refractivity contribution is 7.47. The Hall–Kier alpha value is -1.94. The molecule has 19 heteroatoms. The largest absolute Gasteiger partial charge is 0.472 e. The van der Waals surface area contributed by atoms with Gasteiger partial charge in [0.05, 0.1) is 26.4 Å². The maximum Gasteiger partial charge on any atom is 0.472 e. The van der Waals surface area contributed by atoms with Crippen molar-refractivity contribution in [1.29, 1.82) is 0 Å². The Kier molecular flexibility index (Phi) is 64.9. The minimum absolute atomic E-state index is 0.103. The van der Waals surface area contributed by atoms with Gasteiger partial charge in [-0.3, -0.25) is 37.3 Å². The molecule has 92 heavy (non-hydrogen) atoms. The fourth-order valence-electron chi connectivity index (χ4n) is 11.2. The van der Waals surface area contributed by atoms with Gasteiger partial charge in [-0.25, -0.2) is 9.13 Å². The molecule has 0 aromatic heterocycles. The highest BCUT2D eigenvalue weighted by Crippen LogP contribution is 2.45. The van der Waals surface area contributed by atoms with Crippen LogP contribution in [0.1, 0.15) is 381 Å². The maximum atomic E-state index is 13.1. The summed E-state index contributed by atoms with van der Waals surface area (Å²) in [6.07, 6.45) is 54.4. The van der Waals surface area contributed by atoms with Crippen LogP contribution in [0, 0.1) is 5.92 Å². The van der Waals surface area contributed by atoms with Crippen molar-refractivity contribution < 1.29 is 80.2 Å². The summed E-state index contributed by atoms with van der Waals surface area (Å²) in [5, 5.41) is 10.6. The van der Waals surface area contributed by atoms with Crippen molar-refractivity contribution in [1.82, 2.24) is 0 Å². The van der Waals surface area contributed by atoms with Crippen LogP contribution in [0.25, 0.3) is 0 Å². The van der Waals surface area contributed by atoms with Gasteiger partial charge in [0.1, 0.15) is 19.3 Å². The van der Waals surface area contributed by atoms with E-state index in [1.807, 2.05) is 0 Å². The first-order chi connectivity index (χ1) is 44.5. The SMILES string of the molecule is CCCCCCCCCCCCCCCCCCCCCCC(=O)O[C@H](COC(=O)CCCCCCCCCCCCCCCC)COP(=O)(O)OC[C@@H](O)COP(=O)(O)OC[C@@H](COC(=O)CCCCCCCCCCC)OC(=O)CCCCCCCCC(C)C. The van der Waals surface area contributed by atoms with Crippen LogP contribution in [-0.4, -0.2) is 96.7 Å². The Bertz CT molecular complexity index is 1770. The van der Waals surface area contributed by atoms with Crippen molar-refractivity contribution in [2.24, 2.45) is 5.92 Å². The summed E-state index contributed by atoms with van der Waals surface area (Å²) in [5.41, 5.74) is 0. The number of rotatable bonds is 73. The molecule has 0 aromatic carbocycles. The van der Waals surface area contributed by atoms with E-state index in [-0.39, 0.29) is 25.7 Å². The Labute approximate surface area is 562 Å². The van der Waals surface area contributed by atoms with Crippen molar-refractivity contribution >= 4 is 39.5 Å². The number of phosphoric acid groups is 2. The van der Waals surface area contributed by atoms with Crippen LogP contribution < -0.4 is 0 Å². The number of carbonyl (C=O) groups excluding carboxylic acids is 4. The van der Waals surface area contributed by atoms with Crippen LogP contribution in [0.2, 0.25) is 0 Å². The summed E-state index contributed by atoms with van der Waals surface area (Å²) in [4.78, 5) is 72.5. The Morgan fingerprint density at radius 1 is 0.293 bits per heavy atom. The van der Waals surface area contributed by atoms with Crippen molar-refractivity contribution in [2.75, 3.05) is 39.6 Å². The number of unbranched alkanes of at least 4 members (excludes halogenated alkanes) is 45. The van der Waals surface area contributed by atoms with Crippen LogP contribution >= 0.6 is 15.6 Å². The highest BCUT2D eigenvalue weighted by Gasteiger charge is 2.30. The van der Waals surface area contributed by atoms with Crippen molar-refractivity contribution in [3.63, 3.8) is 0 Å². The van der Waals surface area contributed by atoms with Gasteiger partial charge in [0.2, 0.25) is 0 Å². The third-order valence-electron chi connectivity index (χ3n) is 17.0. The monoisotopic (exact) mass is 1350 g/mol. The van der Waals surface area contributed by atoms with E-state index in [9.17, 15) is 43.2 Å². The number of hydrogen-bond acceptors (Lipinski definition) is 15. The van der Waals surface area contributed by atoms with Gasteiger partial charge in [-0.1, -0.05) is 330 Å². The van der Waals surface area contributed by atoms with Gasteiger partial charge in [-0.15, -0.1) is 0 Å². The molecule has 0 rings (SSSR count). The maximum absolute atomic E-state index is 13.1. The minimum Gasteiger partial charge on any atom is -0.462 e. The highest BCUT2D eigenvalue weighted by atomic mass is 31.2. The van der Waals surface area contributed by atoms with Gasteiger partial charge >= 0.3 is 39.5 Å². The van der Waals surface area contributed by atoms with Crippen molar-refractivity contribution in [3.05, 3.63) is 0 Å². The lowest BCUT2D eigenvalue weighted by molar-refractivity contribution is -0.161. The summed E-state index contributed by atoms with van der Waals surface area (Å²) < 4.78 is 68.3. The van der Waals surface area contributed by atoms with E-state index >= 15 is 0 Å². The second-order valence-corrected chi connectivity index (χ2v) is 29.7. The van der Waals surface area contributed by atoms with Crippen LogP contribution in [0.3, 0.4) is 0 Å². The molecule has 0 aliphatic rings. The molecule has 5 atom stereocenters. The molecule has 0 heterocycles. The average molecular weight is 1350 g/mol. The molecular formula is C73H142O17P2. The normalized spacial score (nSPS) is 14.0. The van der Waals surface area contributed by atoms with Crippen LogP contribution in [-0.2, 0) is 65.4 Å². The minimum atomic E-state index is -4.95.